The van der Waals surface area contributed by atoms with Gasteiger partial charge in [0, 0.05) is 4.70 Å². The fraction of sp³-hybridized carbons (Fsp3) is 0.182. The van der Waals surface area contributed by atoms with Crippen molar-refractivity contribution in [3.8, 4) is 0 Å². The number of aliphatic carboxylic acids is 1. The molecule has 0 aliphatic rings. The largest absolute Gasteiger partial charge is 0.481 e. The molecule has 0 spiro atoms. The van der Waals surface area contributed by atoms with E-state index in [2.05, 4.69) is 0 Å². The summed E-state index contributed by atoms with van der Waals surface area (Å²) in [5.74, 6) is -1.21. The second-order valence-corrected chi connectivity index (χ2v) is 4.16. The molecular formula is C11H10O2S. The number of carboxylic acid groups (broad SMARTS) is 1. The first-order valence-corrected chi connectivity index (χ1v) is 5.27. The third-order valence-corrected chi connectivity index (χ3v) is 3.33. The van der Waals surface area contributed by atoms with E-state index < -0.39 is 11.9 Å². The van der Waals surface area contributed by atoms with Crippen molar-refractivity contribution in [2.75, 3.05) is 0 Å². The molecule has 1 aromatic carbocycles. The highest BCUT2D eigenvalue weighted by Crippen LogP contribution is 2.29. The Hall–Kier alpha value is -1.35. The van der Waals surface area contributed by atoms with Gasteiger partial charge >= 0.3 is 5.97 Å². The number of fused-ring (bicyclic) bond motifs is 1. The smallest absolute Gasteiger partial charge is 0.310 e. The molecule has 1 aromatic heterocycles. The van der Waals surface area contributed by atoms with E-state index in [0.29, 0.717) is 0 Å². The van der Waals surface area contributed by atoms with E-state index in [-0.39, 0.29) is 0 Å². The Morgan fingerprint density at radius 1 is 1.43 bits per heavy atom. The van der Waals surface area contributed by atoms with Crippen LogP contribution in [0.2, 0.25) is 0 Å². The molecule has 0 radical (unpaired) electrons. The normalized spacial score (nSPS) is 12.9. The van der Waals surface area contributed by atoms with E-state index in [1.807, 2.05) is 29.6 Å². The molecule has 1 atom stereocenters. The van der Waals surface area contributed by atoms with Crippen molar-refractivity contribution in [1.82, 2.24) is 0 Å². The van der Waals surface area contributed by atoms with Gasteiger partial charge in [-0.05, 0) is 29.3 Å². The fourth-order valence-corrected chi connectivity index (χ4v) is 2.49. The minimum Gasteiger partial charge on any atom is -0.481 e. The fourth-order valence-electron chi connectivity index (χ4n) is 1.49. The van der Waals surface area contributed by atoms with E-state index in [9.17, 15) is 4.79 Å². The van der Waals surface area contributed by atoms with E-state index in [1.165, 1.54) is 0 Å². The van der Waals surface area contributed by atoms with Gasteiger partial charge in [-0.15, -0.1) is 11.3 Å². The number of hydrogen-bond acceptors (Lipinski definition) is 2. The monoisotopic (exact) mass is 206 g/mol. The second kappa shape index (κ2) is 3.42. The molecule has 14 heavy (non-hydrogen) atoms. The lowest BCUT2D eigenvalue weighted by Crippen LogP contribution is -2.07. The summed E-state index contributed by atoms with van der Waals surface area (Å²) >= 11 is 1.60. The van der Waals surface area contributed by atoms with Crippen molar-refractivity contribution < 1.29 is 9.90 Å². The zero-order chi connectivity index (χ0) is 10.1. The highest BCUT2D eigenvalue weighted by Gasteiger charge is 2.16. The molecular weight excluding hydrogens is 196 g/mol. The lowest BCUT2D eigenvalue weighted by molar-refractivity contribution is -0.138. The zero-order valence-electron chi connectivity index (χ0n) is 7.73. The summed E-state index contributed by atoms with van der Waals surface area (Å²) in [5.41, 5.74) is 0.907. The number of carbonyl (C=O) groups is 1. The van der Waals surface area contributed by atoms with E-state index in [1.54, 1.807) is 18.3 Å². The molecule has 1 unspecified atom stereocenters. The molecule has 3 heteroatoms. The zero-order valence-corrected chi connectivity index (χ0v) is 8.54. The average Bonchev–Trinajstić information content (AvgIpc) is 2.63. The number of benzene rings is 1. The van der Waals surface area contributed by atoms with Gasteiger partial charge in [0.1, 0.15) is 0 Å². The van der Waals surface area contributed by atoms with Crippen LogP contribution in [-0.4, -0.2) is 11.1 Å². The van der Waals surface area contributed by atoms with Crippen molar-refractivity contribution in [1.29, 1.82) is 0 Å². The van der Waals surface area contributed by atoms with Crippen LogP contribution in [0.3, 0.4) is 0 Å². The molecule has 0 fully saturated rings. The number of rotatable bonds is 2. The molecule has 0 saturated carbocycles. The lowest BCUT2D eigenvalue weighted by atomic mass is 10.0. The third kappa shape index (κ3) is 1.40. The SMILES string of the molecule is CC(C(=O)O)c1cccc2ccsc12. The first kappa shape index (κ1) is 9.21. The lowest BCUT2D eigenvalue weighted by Gasteiger charge is -2.07. The summed E-state index contributed by atoms with van der Waals surface area (Å²) in [4.78, 5) is 10.9. The molecule has 72 valence electrons. The summed E-state index contributed by atoms with van der Waals surface area (Å²) < 4.78 is 1.09. The van der Waals surface area contributed by atoms with Gasteiger partial charge in [-0.2, -0.15) is 0 Å². The minimum absolute atomic E-state index is 0.433. The van der Waals surface area contributed by atoms with Gasteiger partial charge in [-0.3, -0.25) is 4.79 Å². The van der Waals surface area contributed by atoms with Gasteiger partial charge in [0.15, 0.2) is 0 Å². The van der Waals surface area contributed by atoms with Gasteiger partial charge in [0.05, 0.1) is 5.92 Å². The molecule has 2 rings (SSSR count). The van der Waals surface area contributed by atoms with E-state index >= 15 is 0 Å². The summed E-state index contributed by atoms with van der Waals surface area (Å²) in [5, 5.41) is 12.1. The Morgan fingerprint density at radius 2 is 2.21 bits per heavy atom. The number of carboxylic acids is 1. The predicted molar refractivity (Wildman–Crippen MR) is 57.9 cm³/mol. The van der Waals surface area contributed by atoms with E-state index in [0.717, 1.165) is 15.6 Å². The predicted octanol–water partition coefficient (Wildman–Crippen LogP) is 3.09. The van der Waals surface area contributed by atoms with Crippen LogP contribution in [0, 0.1) is 0 Å². The van der Waals surface area contributed by atoms with Crippen LogP contribution in [0.25, 0.3) is 10.1 Å². The van der Waals surface area contributed by atoms with Crippen LogP contribution in [0.5, 0.6) is 0 Å². The Kier molecular flexibility index (Phi) is 2.25. The maximum atomic E-state index is 10.9. The third-order valence-electron chi connectivity index (χ3n) is 2.35. The van der Waals surface area contributed by atoms with Crippen molar-refractivity contribution >= 4 is 27.4 Å². The molecule has 1 N–H and O–H groups in total. The quantitative estimate of drug-likeness (QED) is 0.819. The van der Waals surface area contributed by atoms with Crippen molar-refractivity contribution in [3.05, 3.63) is 35.2 Å². The highest BCUT2D eigenvalue weighted by atomic mass is 32.1. The minimum atomic E-state index is -0.772. The number of hydrogen-bond donors (Lipinski definition) is 1. The summed E-state index contributed by atoms with van der Waals surface area (Å²) in [7, 11) is 0. The van der Waals surface area contributed by atoms with Gasteiger partial charge in [-0.25, -0.2) is 0 Å². The van der Waals surface area contributed by atoms with Gasteiger partial charge in [0.25, 0.3) is 0 Å². The van der Waals surface area contributed by atoms with Crippen LogP contribution < -0.4 is 0 Å². The summed E-state index contributed by atoms with van der Waals surface area (Å²) in [6.45, 7) is 1.72. The molecule has 2 aromatic rings. The van der Waals surface area contributed by atoms with Crippen molar-refractivity contribution in [3.63, 3.8) is 0 Å². The van der Waals surface area contributed by atoms with Crippen LogP contribution in [0.4, 0.5) is 0 Å². The first-order valence-electron chi connectivity index (χ1n) is 4.39. The summed E-state index contributed by atoms with van der Waals surface area (Å²) in [6.07, 6.45) is 0. The standard InChI is InChI=1S/C11H10O2S/c1-7(11(12)13)9-4-2-3-8-5-6-14-10(8)9/h2-7H,1H3,(H,12,13). The maximum absolute atomic E-state index is 10.9. The maximum Gasteiger partial charge on any atom is 0.310 e. The van der Waals surface area contributed by atoms with Crippen molar-refractivity contribution in [2.24, 2.45) is 0 Å². The van der Waals surface area contributed by atoms with Gasteiger partial charge < -0.3 is 5.11 Å². The van der Waals surface area contributed by atoms with Crippen LogP contribution in [0.1, 0.15) is 18.4 Å². The van der Waals surface area contributed by atoms with Crippen molar-refractivity contribution in [2.45, 2.75) is 12.8 Å². The molecule has 1 heterocycles. The van der Waals surface area contributed by atoms with Gasteiger partial charge in [0.2, 0.25) is 0 Å². The molecule has 0 aliphatic heterocycles. The molecule has 2 nitrogen and oxygen atoms in total. The average molecular weight is 206 g/mol. The first-order chi connectivity index (χ1) is 6.70. The molecule has 0 saturated heterocycles. The van der Waals surface area contributed by atoms with E-state index in [4.69, 9.17) is 5.11 Å². The van der Waals surface area contributed by atoms with Crippen LogP contribution in [-0.2, 0) is 4.79 Å². The Morgan fingerprint density at radius 3 is 2.93 bits per heavy atom. The molecule has 0 aliphatic carbocycles. The molecule has 0 amide bonds. The second-order valence-electron chi connectivity index (χ2n) is 3.25. The Bertz CT molecular complexity index is 473. The molecule has 0 bridgehead atoms. The van der Waals surface area contributed by atoms with Crippen LogP contribution in [0.15, 0.2) is 29.6 Å². The Balaban J connectivity index is 2.61. The summed E-state index contributed by atoms with van der Waals surface area (Å²) in [6, 6.07) is 7.81. The topological polar surface area (TPSA) is 37.3 Å². The van der Waals surface area contributed by atoms with Crippen LogP contribution >= 0.6 is 11.3 Å². The van der Waals surface area contributed by atoms with Gasteiger partial charge in [-0.1, -0.05) is 18.2 Å². The Labute approximate surface area is 85.8 Å². The number of thiophene rings is 1. The highest BCUT2D eigenvalue weighted by molar-refractivity contribution is 7.17.